The van der Waals surface area contributed by atoms with E-state index < -0.39 is 6.10 Å². The number of hydrogen-bond donors (Lipinski definition) is 1. The van der Waals surface area contributed by atoms with E-state index in [2.05, 4.69) is 43.0 Å². The third-order valence-corrected chi connectivity index (χ3v) is 5.18. The largest absolute Gasteiger partial charge is 0.389 e. The summed E-state index contributed by atoms with van der Waals surface area (Å²) in [6.45, 7) is 7.89. The van der Waals surface area contributed by atoms with Gasteiger partial charge in [-0.25, -0.2) is 0 Å². The highest BCUT2D eigenvalue weighted by atomic mass is 16.5. The van der Waals surface area contributed by atoms with Crippen LogP contribution in [0.4, 0.5) is 0 Å². The second kappa shape index (κ2) is 9.13. The maximum atomic E-state index is 10.4. The van der Waals surface area contributed by atoms with Gasteiger partial charge in [-0.1, -0.05) is 38.1 Å². The average Bonchev–Trinajstić information content (AvgIpc) is 3.32. The first-order valence-corrected chi connectivity index (χ1v) is 9.82. The Kier molecular flexibility index (Phi) is 6.88. The van der Waals surface area contributed by atoms with Gasteiger partial charge in [-0.15, -0.1) is 0 Å². The van der Waals surface area contributed by atoms with Gasteiger partial charge in [-0.3, -0.25) is 4.90 Å². The minimum Gasteiger partial charge on any atom is -0.389 e. The van der Waals surface area contributed by atoms with Crippen LogP contribution < -0.4 is 0 Å². The molecule has 1 saturated carbocycles. The molecule has 4 nitrogen and oxygen atoms in total. The van der Waals surface area contributed by atoms with E-state index in [1.54, 1.807) is 0 Å². The van der Waals surface area contributed by atoms with Crippen molar-refractivity contribution < 1.29 is 14.6 Å². The Hall–Kier alpha value is -0.940. The topological polar surface area (TPSA) is 41.9 Å². The first-order chi connectivity index (χ1) is 12.1. The summed E-state index contributed by atoms with van der Waals surface area (Å²) in [6.07, 6.45) is 4.49. The van der Waals surface area contributed by atoms with Crippen LogP contribution in [0.25, 0.3) is 0 Å². The molecule has 1 heterocycles. The number of hydrogen-bond acceptors (Lipinski definition) is 4. The van der Waals surface area contributed by atoms with Crippen molar-refractivity contribution in [2.24, 2.45) is 0 Å². The first-order valence-electron chi connectivity index (χ1n) is 9.82. The fourth-order valence-corrected chi connectivity index (χ4v) is 3.46. The quantitative estimate of drug-likeness (QED) is 0.705. The molecule has 4 heteroatoms. The first kappa shape index (κ1) is 18.8. The number of benzene rings is 1. The maximum absolute atomic E-state index is 10.4. The SMILES string of the molecule is CC(C)c1ccc(CN(CC(O)COCC2CCCO2)C2CC2)cc1. The number of ether oxygens (including phenoxy) is 2. The summed E-state index contributed by atoms with van der Waals surface area (Å²) in [7, 11) is 0. The Balaban J connectivity index is 1.44. The molecule has 1 saturated heterocycles. The van der Waals surface area contributed by atoms with Crippen molar-refractivity contribution >= 4 is 0 Å². The molecule has 0 spiro atoms. The van der Waals surface area contributed by atoms with E-state index in [1.165, 1.54) is 24.0 Å². The molecule has 2 atom stereocenters. The van der Waals surface area contributed by atoms with Crippen molar-refractivity contribution in [3.63, 3.8) is 0 Å². The van der Waals surface area contributed by atoms with Crippen LogP contribution in [0.3, 0.4) is 0 Å². The molecule has 25 heavy (non-hydrogen) atoms. The normalized spacial score (nSPS) is 22.0. The third-order valence-electron chi connectivity index (χ3n) is 5.18. The van der Waals surface area contributed by atoms with E-state index in [1.807, 2.05) is 0 Å². The van der Waals surface area contributed by atoms with Crippen LogP contribution in [-0.2, 0) is 16.0 Å². The van der Waals surface area contributed by atoms with Crippen molar-refractivity contribution in [3.05, 3.63) is 35.4 Å². The molecule has 0 amide bonds. The van der Waals surface area contributed by atoms with Crippen molar-refractivity contribution in [2.75, 3.05) is 26.4 Å². The Morgan fingerprint density at radius 1 is 1.20 bits per heavy atom. The Morgan fingerprint density at radius 3 is 2.56 bits per heavy atom. The average molecular weight is 347 g/mol. The summed E-state index contributed by atoms with van der Waals surface area (Å²) in [6, 6.07) is 9.53. The number of aliphatic hydroxyl groups excluding tert-OH is 1. The van der Waals surface area contributed by atoms with Gasteiger partial charge in [-0.05, 0) is 42.7 Å². The molecule has 1 aliphatic heterocycles. The van der Waals surface area contributed by atoms with Crippen LogP contribution in [0.1, 0.15) is 56.6 Å². The van der Waals surface area contributed by atoms with Gasteiger partial charge in [0, 0.05) is 25.7 Å². The number of aliphatic hydroxyl groups is 1. The van der Waals surface area contributed by atoms with Crippen molar-refractivity contribution in [3.8, 4) is 0 Å². The maximum Gasteiger partial charge on any atom is 0.0900 e. The van der Waals surface area contributed by atoms with E-state index in [9.17, 15) is 5.11 Å². The van der Waals surface area contributed by atoms with Crippen LogP contribution in [0.15, 0.2) is 24.3 Å². The van der Waals surface area contributed by atoms with Gasteiger partial charge in [0.05, 0.1) is 25.4 Å². The third kappa shape index (κ3) is 6.07. The molecule has 0 aromatic heterocycles. The second-order valence-electron chi connectivity index (χ2n) is 7.88. The van der Waals surface area contributed by atoms with Gasteiger partial charge in [0.2, 0.25) is 0 Å². The van der Waals surface area contributed by atoms with Gasteiger partial charge in [0.25, 0.3) is 0 Å². The lowest BCUT2D eigenvalue weighted by molar-refractivity contribution is -0.0265. The Morgan fingerprint density at radius 2 is 1.96 bits per heavy atom. The monoisotopic (exact) mass is 347 g/mol. The Labute approximate surface area is 152 Å². The van der Waals surface area contributed by atoms with Crippen LogP contribution in [0.5, 0.6) is 0 Å². The summed E-state index contributed by atoms with van der Waals surface area (Å²) in [5, 5.41) is 10.4. The van der Waals surface area contributed by atoms with Crippen molar-refractivity contribution in [2.45, 2.75) is 70.2 Å². The zero-order valence-electron chi connectivity index (χ0n) is 15.7. The minimum atomic E-state index is -0.433. The van der Waals surface area contributed by atoms with Crippen LogP contribution in [0, 0.1) is 0 Å². The molecule has 2 aliphatic rings. The zero-order valence-corrected chi connectivity index (χ0v) is 15.7. The minimum absolute atomic E-state index is 0.228. The molecular formula is C21H33NO3. The molecule has 1 aliphatic carbocycles. The molecule has 140 valence electrons. The van der Waals surface area contributed by atoms with Crippen molar-refractivity contribution in [1.29, 1.82) is 0 Å². The lowest BCUT2D eigenvalue weighted by Gasteiger charge is -2.25. The summed E-state index contributed by atoms with van der Waals surface area (Å²) >= 11 is 0. The number of nitrogens with zero attached hydrogens (tertiary/aromatic N) is 1. The fourth-order valence-electron chi connectivity index (χ4n) is 3.46. The van der Waals surface area contributed by atoms with E-state index in [0.717, 1.165) is 26.0 Å². The second-order valence-corrected chi connectivity index (χ2v) is 7.88. The molecule has 0 bridgehead atoms. The predicted molar refractivity (Wildman–Crippen MR) is 99.8 cm³/mol. The van der Waals surface area contributed by atoms with Gasteiger partial charge < -0.3 is 14.6 Å². The molecule has 3 rings (SSSR count). The van der Waals surface area contributed by atoms with E-state index in [-0.39, 0.29) is 6.10 Å². The summed E-state index contributed by atoms with van der Waals surface area (Å²) in [5.74, 6) is 0.566. The van der Waals surface area contributed by atoms with Crippen LogP contribution in [-0.4, -0.2) is 54.6 Å². The van der Waals surface area contributed by atoms with E-state index in [0.29, 0.717) is 31.7 Å². The highest BCUT2D eigenvalue weighted by Crippen LogP contribution is 2.28. The lowest BCUT2D eigenvalue weighted by Crippen LogP contribution is -2.36. The predicted octanol–water partition coefficient (Wildman–Crippen LogP) is 3.33. The zero-order chi connectivity index (χ0) is 17.6. The summed E-state index contributed by atoms with van der Waals surface area (Å²) in [5.41, 5.74) is 2.70. The summed E-state index contributed by atoms with van der Waals surface area (Å²) < 4.78 is 11.2. The van der Waals surface area contributed by atoms with Gasteiger partial charge in [0.15, 0.2) is 0 Å². The van der Waals surface area contributed by atoms with Crippen molar-refractivity contribution in [1.82, 2.24) is 4.90 Å². The van der Waals surface area contributed by atoms with E-state index in [4.69, 9.17) is 9.47 Å². The number of rotatable bonds is 10. The molecule has 1 aromatic carbocycles. The smallest absolute Gasteiger partial charge is 0.0900 e. The molecular weight excluding hydrogens is 314 g/mol. The Bertz CT molecular complexity index is 506. The highest BCUT2D eigenvalue weighted by Gasteiger charge is 2.30. The lowest BCUT2D eigenvalue weighted by atomic mass is 10.0. The van der Waals surface area contributed by atoms with Gasteiger partial charge in [-0.2, -0.15) is 0 Å². The molecule has 1 N–H and O–H groups in total. The van der Waals surface area contributed by atoms with E-state index >= 15 is 0 Å². The molecule has 2 unspecified atom stereocenters. The standard InChI is InChI=1S/C21H33NO3/c1-16(2)18-7-5-17(6-8-18)12-22(19-9-10-19)13-20(23)14-24-15-21-4-3-11-25-21/h5-8,16,19-21,23H,3-4,9-15H2,1-2H3. The summed E-state index contributed by atoms with van der Waals surface area (Å²) in [4.78, 5) is 2.41. The van der Waals surface area contributed by atoms with Gasteiger partial charge in [0.1, 0.15) is 0 Å². The van der Waals surface area contributed by atoms with Crippen LogP contribution >= 0.6 is 0 Å². The highest BCUT2D eigenvalue weighted by molar-refractivity contribution is 5.24. The molecule has 0 radical (unpaired) electrons. The van der Waals surface area contributed by atoms with Crippen LogP contribution in [0.2, 0.25) is 0 Å². The van der Waals surface area contributed by atoms with Gasteiger partial charge >= 0.3 is 0 Å². The molecule has 1 aromatic rings. The fraction of sp³-hybridized carbons (Fsp3) is 0.714. The molecule has 2 fully saturated rings.